The van der Waals surface area contributed by atoms with Crippen LogP contribution in [0.5, 0.6) is 11.6 Å². The molecule has 0 aliphatic carbocycles. The van der Waals surface area contributed by atoms with Gasteiger partial charge in [0.2, 0.25) is 5.88 Å². The highest BCUT2D eigenvalue weighted by Crippen LogP contribution is 2.42. The van der Waals surface area contributed by atoms with Crippen LogP contribution in [-0.4, -0.2) is 93.2 Å². The molecule has 0 amide bonds. The number of ether oxygens (including phenoxy) is 2. The minimum atomic E-state index is -1.18. The number of nitrogens with zero attached hydrogens (tertiary/aromatic N) is 5. The zero-order valence-electron chi connectivity index (χ0n) is 27.0. The molecule has 0 bridgehead atoms. The summed E-state index contributed by atoms with van der Waals surface area (Å²) in [6.07, 6.45) is 2.49. The average molecular weight is 696 g/mol. The van der Waals surface area contributed by atoms with Crippen LogP contribution in [0.4, 0.5) is 5.69 Å². The van der Waals surface area contributed by atoms with E-state index in [0.717, 1.165) is 55.8 Å². The summed E-state index contributed by atoms with van der Waals surface area (Å²) in [6, 6.07) is 12.9. The van der Waals surface area contributed by atoms with Gasteiger partial charge in [0.15, 0.2) is 6.23 Å². The Morgan fingerprint density at radius 3 is 2.42 bits per heavy atom. The summed E-state index contributed by atoms with van der Waals surface area (Å²) in [5, 5.41) is 34.5. The highest BCUT2D eigenvalue weighted by molar-refractivity contribution is 6.39. The van der Waals surface area contributed by atoms with Crippen molar-refractivity contribution < 1.29 is 24.8 Å². The van der Waals surface area contributed by atoms with Crippen molar-refractivity contribution in [1.29, 1.82) is 0 Å². The largest absolute Gasteiger partial charge is 0.496 e. The molecule has 2 aliphatic heterocycles. The first kappa shape index (κ1) is 34.3. The van der Waals surface area contributed by atoms with Gasteiger partial charge in [-0.2, -0.15) is 0 Å². The molecule has 1 atom stereocenters. The topological polar surface area (TPSA) is 136 Å². The molecule has 6 rings (SSSR count). The van der Waals surface area contributed by atoms with Gasteiger partial charge < -0.3 is 30.1 Å². The number of hydrogen-bond donors (Lipinski definition) is 4. The van der Waals surface area contributed by atoms with Crippen LogP contribution in [0.1, 0.15) is 41.7 Å². The van der Waals surface area contributed by atoms with Gasteiger partial charge in [0.05, 0.1) is 65.9 Å². The Bertz CT molecular complexity index is 1750. The molecule has 11 nitrogen and oxygen atoms in total. The van der Waals surface area contributed by atoms with Gasteiger partial charge in [-0.15, -0.1) is 0 Å². The van der Waals surface area contributed by atoms with Crippen LogP contribution in [0.25, 0.3) is 22.4 Å². The Balaban J connectivity index is 1.25. The lowest BCUT2D eigenvalue weighted by atomic mass is 10.0. The number of fused-ring (bicyclic) bond motifs is 1. The Hall–Kier alpha value is -3.55. The molecule has 1 saturated heterocycles. The maximum Gasteiger partial charge on any atom is 0.237 e. The fourth-order valence-corrected chi connectivity index (χ4v) is 6.94. The maximum absolute atomic E-state index is 11.3. The zero-order valence-corrected chi connectivity index (χ0v) is 28.5. The number of pyridine rings is 1. The van der Waals surface area contributed by atoms with Crippen LogP contribution in [-0.2, 0) is 19.5 Å². The fraction of sp³-hybridized carbons (Fsp3) is 0.400. The van der Waals surface area contributed by atoms with E-state index in [1.54, 1.807) is 32.5 Å². The third-order valence-corrected chi connectivity index (χ3v) is 9.76. The Labute approximate surface area is 290 Å². The normalized spacial score (nSPS) is 16.4. The fourth-order valence-electron chi connectivity index (χ4n) is 6.33. The van der Waals surface area contributed by atoms with Crippen molar-refractivity contribution in [3.05, 3.63) is 81.4 Å². The van der Waals surface area contributed by atoms with E-state index >= 15 is 0 Å². The minimum Gasteiger partial charge on any atom is -0.496 e. The molecule has 0 saturated carbocycles. The molecular weight excluding hydrogens is 655 g/mol. The summed E-state index contributed by atoms with van der Waals surface area (Å²) in [4.78, 5) is 18.6. The monoisotopic (exact) mass is 694 g/mol. The van der Waals surface area contributed by atoms with Gasteiger partial charge in [-0.3, -0.25) is 19.8 Å². The molecule has 1 unspecified atom stereocenters. The lowest BCUT2D eigenvalue weighted by molar-refractivity contribution is 0.0782. The first-order valence-electron chi connectivity index (χ1n) is 16.0. The predicted molar refractivity (Wildman–Crippen MR) is 185 cm³/mol. The van der Waals surface area contributed by atoms with Crippen LogP contribution in [0.2, 0.25) is 10.0 Å². The van der Waals surface area contributed by atoms with Gasteiger partial charge >= 0.3 is 0 Å². The molecule has 13 heteroatoms. The van der Waals surface area contributed by atoms with Crippen LogP contribution in [0.3, 0.4) is 0 Å². The number of halogens is 2. The van der Waals surface area contributed by atoms with Crippen molar-refractivity contribution in [3.63, 3.8) is 0 Å². The molecule has 0 radical (unpaired) electrons. The average Bonchev–Trinajstić information content (AvgIpc) is 3.10. The third kappa shape index (κ3) is 7.37. The van der Waals surface area contributed by atoms with E-state index in [0.29, 0.717) is 75.1 Å². The summed E-state index contributed by atoms with van der Waals surface area (Å²) < 4.78 is 11.3. The smallest absolute Gasteiger partial charge is 0.237 e. The van der Waals surface area contributed by atoms with Gasteiger partial charge in [-0.25, -0.2) is 4.98 Å². The summed E-state index contributed by atoms with van der Waals surface area (Å²) in [7, 11) is 3.18. The minimum absolute atomic E-state index is 0.0673. The van der Waals surface area contributed by atoms with Crippen molar-refractivity contribution in [2.75, 3.05) is 52.3 Å². The lowest BCUT2D eigenvalue weighted by Crippen LogP contribution is -2.35. The highest BCUT2D eigenvalue weighted by atomic mass is 35.5. The van der Waals surface area contributed by atoms with Gasteiger partial charge in [0, 0.05) is 67.6 Å². The van der Waals surface area contributed by atoms with Crippen molar-refractivity contribution in [3.8, 4) is 34.0 Å². The molecule has 4 heterocycles. The van der Waals surface area contributed by atoms with Crippen LogP contribution in [0, 0.1) is 0 Å². The summed E-state index contributed by atoms with van der Waals surface area (Å²) >= 11 is 14.0. The molecule has 2 aliphatic rings. The first-order chi connectivity index (χ1) is 23.3. The van der Waals surface area contributed by atoms with Gasteiger partial charge in [0.25, 0.3) is 0 Å². The second-order valence-corrected chi connectivity index (χ2v) is 12.8. The standard InChI is InChI=1S/C35H40Cl2N6O5/c1-47-31-17-27(39-29-19-43(15-16-44)14-11-24(29)31)34(46)40-26-8-4-6-23(33(26)37)22-5-3-7-25(32(22)36)28-18-38-30(35(41-28)48-2)20-42-12-9-21(45)10-13-42/h3-8,17-18,21,34,40,44-46H,9-16,19-20H2,1-2H3. The number of likely N-dealkylation sites (tertiary alicyclic amines) is 1. The number of aliphatic hydroxyl groups excluding tert-OH is 3. The summed E-state index contributed by atoms with van der Waals surface area (Å²) in [5.74, 6) is 1.09. The Morgan fingerprint density at radius 2 is 1.69 bits per heavy atom. The molecule has 4 N–H and O–H groups in total. The van der Waals surface area contributed by atoms with Gasteiger partial charge in [0.1, 0.15) is 11.4 Å². The number of benzene rings is 2. The van der Waals surface area contributed by atoms with E-state index in [4.69, 9.17) is 42.6 Å². The quantitative estimate of drug-likeness (QED) is 0.159. The number of rotatable bonds is 11. The predicted octanol–water partition coefficient (Wildman–Crippen LogP) is 4.94. The summed E-state index contributed by atoms with van der Waals surface area (Å²) in [6.45, 7) is 4.13. The molecule has 48 heavy (non-hydrogen) atoms. The molecular formula is C35H40Cl2N6O5. The Kier molecular flexibility index (Phi) is 11.0. The van der Waals surface area contributed by atoms with E-state index in [9.17, 15) is 15.3 Å². The van der Waals surface area contributed by atoms with Crippen molar-refractivity contribution in [2.45, 2.75) is 44.7 Å². The zero-order chi connectivity index (χ0) is 33.8. The molecule has 1 fully saturated rings. The number of anilines is 1. The second-order valence-electron chi connectivity index (χ2n) is 12.0. The SMILES string of the molecule is COc1cc(C(O)Nc2cccc(-c3cccc(-c4cnc(CN5CCC(O)CC5)c(OC)n4)c3Cl)c2Cl)nc2c1CCN(CCO)C2. The number of nitrogens with one attached hydrogen (secondary N) is 1. The number of β-amino-alcohol motifs (C(OH)–C–C–N with tert-alkyl or cyclic N) is 1. The lowest BCUT2D eigenvalue weighted by Gasteiger charge is -2.29. The second kappa shape index (κ2) is 15.3. The molecule has 4 aromatic rings. The maximum atomic E-state index is 11.3. The van der Waals surface area contributed by atoms with Gasteiger partial charge in [-0.1, -0.05) is 53.5 Å². The Morgan fingerprint density at radius 1 is 0.958 bits per heavy atom. The van der Waals surface area contributed by atoms with E-state index in [1.165, 1.54) is 0 Å². The van der Waals surface area contributed by atoms with Crippen molar-refractivity contribution in [2.24, 2.45) is 0 Å². The van der Waals surface area contributed by atoms with Crippen molar-refractivity contribution in [1.82, 2.24) is 24.8 Å². The number of aromatic nitrogens is 3. The number of piperidine rings is 1. The van der Waals surface area contributed by atoms with E-state index in [-0.39, 0.29) is 12.7 Å². The highest BCUT2D eigenvalue weighted by Gasteiger charge is 2.25. The summed E-state index contributed by atoms with van der Waals surface area (Å²) in [5.41, 5.74) is 6.02. The van der Waals surface area contributed by atoms with E-state index in [1.807, 2.05) is 30.3 Å². The van der Waals surface area contributed by atoms with E-state index < -0.39 is 6.23 Å². The van der Waals surface area contributed by atoms with E-state index in [2.05, 4.69) is 20.1 Å². The van der Waals surface area contributed by atoms with Crippen molar-refractivity contribution >= 4 is 28.9 Å². The van der Waals surface area contributed by atoms with Crippen LogP contribution >= 0.6 is 23.2 Å². The first-order valence-corrected chi connectivity index (χ1v) is 16.8. The van der Waals surface area contributed by atoms with Crippen LogP contribution < -0.4 is 14.8 Å². The number of hydrogen-bond acceptors (Lipinski definition) is 11. The molecule has 2 aromatic carbocycles. The third-order valence-electron chi connectivity index (χ3n) is 8.95. The molecule has 2 aromatic heterocycles. The van der Waals surface area contributed by atoms with Gasteiger partial charge in [-0.05, 0) is 25.3 Å². The number of aliphatic hydroxyl groups is 3. The molecule has 254 valence electrons. The van der Waals surface area contributed by atoms with Crippen LogP contribution in [0.15, 0.2) is 48.7 Å². The number of methoxy groups -OCH3 is 2. The molecule has 0 spiro atoms.